The zero-order chi connectivity index (χ0) is 16.1. The van der Waals surface area contributed by atoms with Crippen molar-refractivity contribution in [3.63, 3.8) is 0 Å². The van der Waals surface area contributed by atoms with Crippen LogP contribution in [-0.4, -0.2) is 0 Å². The van der Waals surface area contributed by atoms with E-state index in [1.165, 1.54) is 0 Å². The van der Waals surface area contributed by atoms with Crippen LogP contribution >= 0.6 is 0 Å². The van der Waals surface area contributed by atoms with Crippen LogP contribution in [-0.2, 0) is 6.42 Å². The van der Waals surface area contributed by atoms with Gasteiger partial charge < -0.3 is 5.21 Å². The van der Waals surface area contributed by atoms with E-state index in [1.807, 2.05) is 66.7 Å². The zero-order valence-electron chi connectivity index (χ0n) is 13.4. The van der Waals surface area contributed by atoms with Gasteiger partial charge in [0.25, 0.3) is 0 Å². The van der Waals surface area contributed by atoms with E-state index >= 15 is 0 Å². The quantitative estimate of drug-likeness (QED) is 0.481. The molecule has 0 spiro atoms. The second kappa shape index (κ2) is 7.10. The fourth-order valence-corrected chi connectivity index (χ4v) is 2.87. The standard InChI is InChI=1S/C21H21NO/c1-2-3-10-19-15-16-20(17-11-6-4-7-12-17)22(23)21(19)18-13-8-5-9-14-18/h4-9,11-16H,2-3,10H2,1H3. The number of aromatic nitrogens is 1. The Morgan fingerprint density at radius 1 is 0.783 bits per heavy atom. The lowest BCUT2D eigenvalue weighted by atomic mass is 9.99. The van der Waals surface area contributed by atoms with Crippen LogP contribution in [0.15, 0.2) is 72.8 Å². The van der Waals surface area contributed by atoms with Gasteiger partial charge in [-0.15, -0.1) is 0 Å². The van der Waals surface area contributed by atoms with Gasteiger partial charge in [0.05, 0.1) is 0 Å². The zero-order valence-corrected chi connectivity index (χ0v) is 13.4. The molecule has 0 saturated carbocycles. The van der Waals surface area contributed by atoms with Crippen LogP contribution in [0.1, 0.15) is 25.3 Å². The average molecular weight is 303 g/mol. The van der Waals surface area contributed by atoms with Gasteiger partial charge in [0.2, 0.25) is 11.4 Å². The minimum absolute atomic E-state index is 0.699. The van der Waals surface area contributed by atoms with Gasteiger partial charge in [-0.3, -0.25) is 0 Å². The Hall–Kier alpha value is -2.61. The molecule has 0 aliphatic rings. The van der Waals surface area contributed by atoms with E-state index in [9.17, 15) is 5.21 Å². The van der Waals surface area contributed by atoms with Crippen molar-refractivity contribution in [3.05, 3.63) is 83.6 Å². The molecule has 0 fully saturated rings. The van der Waals surface area contributed by atoms with Crippen molar-refractivity contribution in [2.45, 2.75) is 26.2 Å². The molecule has 23 heavy (non-hydrogen) atoms. The lowest BCUT2D eigenvalue weighted by Gasteiger charge is -2.14. The number of unbranched alkanes of at least 4 members (excludes halogenated alkanes) is 1. The summed E-state index contributed by atoms with van der Waals surface area (Å²) < 4.78 is 1.09. The first kappa shape index (κ1) is 15.3. The molecule has 116 valence electrons. The van der Waals surface area contributed by atoms with Crippen molar-refractivity contribution in [2.75, 3.05) is 0 Å². The maximum atomic E-state index is 13.1. The van der Waals surface area contributed by atoms with Crippen molar-refractivity contribution in [3.8, 4) is 22.5 Å². The number of pyridine rings is 1. The first-order valence-electron chi connectivity index (χ1n) is 8.17. The van der Waals surface area contributed by atoms with Crippen molar-refractivity contribution < 1.29 is 4.73 Å². The summed E-state index contributed by atoms with van der Waals surface area (Å²) in [6, 6.07) is 23.8. The summed E-state index contributed by atoms with van der Waals surface area (Å²) in [5.74, 6) is 0. The van der Waals surface area contributed by atoms with Gasteiger partial charge in [-0.25, -0.2) is 0 Å². The Morgan fingerprint density at radius 2 is 1.39 bits per heavy atom. The minimum atomic E-state index is 0.699. The Kier molecular flexibility index (Phi) is 4.72. The van der Waals surface area contributed by atoms with Crippen LogP contribution in [0.4, 0.5) is 0 Å². The SMILES string of the molecule is CCCCc1ccc(-c2ccccc2)[n+]([O-])c1-c1ccccc1. The highest BCUT2D eigenvalue weighted by atomic mass is 16.5. The molecule has 0 amide bonds. The van der Waals surface area contributed by atoms with Crippen LogP contribution in [0, 0.1) is 5.21 Å². The molecule has 0 atom stereocenters. The third-order valence-corrected chi connectivity index (χ3v) is 4.08. The second-order valence-electron chi connectivity index (χ2n) is 5.72. The summed E-state index contributed by atoms with van der Waals surface area (Å²) in [6.07, 6.45) is 3.13. The number of nitrogens with zero attached hydrogens (tertiary/aromatic N) is 1. The molecule has 0 unspecified atom stereocenters. The van der Waals surface area contributed by atoms with Crippen LogP contribution < -0.4 is 4.73 Å². The van der Waals surface area contributed by atoms with Gasteiger partial charge in [0.15, 0.2) is 0 Å². The molecule has 3 rings (SSSR count). The van der Waals surface area contributed by atoms with E-state index in [4.69, 9.17) is 0 Å². The summed E-state index contributed by atoms with van der Waals surface area (Å²) in [7, 11) is 0. The summed E-state index contributed by atoms with van der Waals surface area (Å²) in [4.78, 5) is 0. The molecule has 2 aromatic carbocycles. The van der Waals surface area contributed by atoms with Crippen molar-refractivity contribution in [1.82, 2.24) is 0 Å². The molecule has 0 aliphatic heterocycles. The van der Waals surface area contributed by atoms with Crippen molar-refractivity contribution in [1.29, 1.82) is 0 Å². The van der Waals surface area contributed by atoms with Crippen LogP contribution in [0.3, 0.4) is 0 Å². The number of rotatable bonds is 5. The van der Waals surface area contributed by atoms with E-state index in [2.05, 4.69) is 13.0 Å². The predicted octanol–water partition coefficient (Wildman–Crippen LogP) is 5.00. The second-order valence-corrected chi connectivity index (χ2v) is 5.72. The number of hydrogen-bond acceptors (Lipinski definition) is 1. The molecule has 0 saturated heterocycles. The highest BCUT2D eigenvalue weighted by molar-refractivity contribution is 5.64. The van der Waals surface area contributed by atoms with E-state index in [-0.39, 0.29) is 0 Å². The maximum Gasteiger partial charge on any atom is 0.227 e. The molecule has 2 heteroatoms. The lowest BCUT2D eigenvalue weighted by Crippen LogP contribution is -2.33. The number of hydrogen-bond donors (Lipinski definition) is 0. The first-order chi connectivity index (χ1) is 11.3. The van der Waals surface area contributed by atoms with E-state index in [0.717, 1.165) is 46.4 Å². The fraction of sp³-hybridized carbons (Fsp3) is 0.190. The third kappa shape index (κ3) is 3.26. The maximum absolute atomic E-state index is 13.1. The largest absolute Gasteiger partial charge is 0.618 e. The molecule has 3 aromatic rings. The van der Waals surface area contributed by atoms with Crippen LogP contribution in [0.2, 0.25) is 0 Å². The summed E-state index contributed by atoms with van der Waals surface area (Å²) in [6.45, 7) is 2.17. The van der Waals surface area contributed by atoms with Gasteiger partial charge in [0, 0.05) is 22.8 Å². The molecule has 1 heterocycles. The van der Waals surface area contributed by atoms with Crippen molar-refractivity contribution in [2.24, 2.45) is 0 Å². The summed E-state index contributed by atoms with van der Waals surface area (Å²) in [5.41, 5.74) is 4.52. The van der Waals surface area contributed by atoms with E-state index < -0.39 is 0 Å². The molecule has 0 aliphatic carbocycles. The topological polar surface area (TPSA) is 26.9 Å². The Labute approximate surface area is 137 Å². The Balaban J connectivity index is 2.16. The van der Waals surface area contributed by atoms with E-state index in [1.54, 1.807) is 0 Å². The Morgan fingerprint density at radius 3 is 2.00 bits per heavy atom. The first-order valence-corrected chi connectivity index (χ1v) is 8.17. The third-order valence-electron chi connectivity index (χ3n) is 4.08. The van der Waals surface area contributed by atoms with Gasteiger partial charge >= 0.3 is 0 Å². The summed E-state index contributed by atoms with van der Waals surface area (Å²) in [5, 5.41) is 13.1. The fourth-order valence-electron chi connectivity index (χ4n) is 2.87. The normalized spacial score (nSPS) is 10.7. The lowest BCUT2D eigenvalue weighted by molar-refractivity contribution is -0.582. The summed E-state index contributed by atoms with van der Waals surface area (Å²) >= 11 is 0. The average Bonchev–Trinajstić information content (AvgIpc) is 2.61. The van der Waals surface area contributed by atoms with Crippen molar-refractivity contribution >= 4 is 0 Å². The van der Waals surface area contributed by atoms with Crippen LogP contribution in [0.25, 0.3) is 22.5 Å². The monoisotopic (exact) mass is 303 g/mol. The number of aryl methyl sites for hydroxylation is 1. The highest BCUT2D eigenvalue weighted by Crippen LogP contribution is 2.25. The molecular weight excluding hydrogens is 282 g/mol. The van der Waals surface area contributed by atoms with Gasteiger partial charge in [-0.05, 0) is 43.2 Å². The molecule has 2 nitrogen and oxygen atoms in total. The highest BCUT2D eigenvalue weighted by Gasteiger charge is 2.19. The molecule has 0 radical (unpaired) electrons. The van der Waals surface area contributed by atoms with E-state index in [0.29, 0.717) is 5.69 Å². The number of benzene rings is 2. The van der Waals surface area contributed by atoms with Crippen LogP contribution in [0.5, 0.6) is 0 Å². The molecule has 0 N–H and O–H groups in total. The van der Waals surface area contributed by atoms with Gasteiger partial charge in [-0.1, -0.05) is 49.7 Å². The smallest absolute Gasteiger partial charge is 0.227 e. The van der Waals surface area contributed by atoms with Gasteiger partial charge in [0.1, 0.15) is 0 Å². The molecule has 1 aromatic heterocycles. The Bertz CT molecular complexity index is 767. The predicted molar refractivity (Wildman–Crippen MR) is 94.9 cm³/mol. The molecular formula is C21H21NO. The van der Waals surface area contributed by atoms with Gasteiger partial charge in [-0.2, -0.15) is 4.73 Å². The minimum Gasteiger partial charge on any atom is -0.618 e. The molecule has 0 bridgehead atoms.